The van der Waals surface area contributed by atoms with E-state index in [2.05, 4.69) is 10.1 Å². The molecule has 0 unspecified atom stereocenters. The molecule has 0 saturated carbocycles. The molecule has 0 spiro atoms. The summed E-state index contributed by atoms with van der Waals surface area (Å²) in [6.45, 7) is 3.01. The van der Waals surface area contributed by atoms with Crippen LogP contribution in [0.2, 0.25) is 0 Å². The molecule has 0 aromatic heterocycles. The van der Waals surface area contributed by atoms with Gasteiger partial charge in [0.1, 0.15) is 0 Å². The van der Waals surface area contributed by atoms with Crippen LogP contribution in [0.1, 0.15) is 13.8 Å². The molecule has 0 bridgehead atoms. The first-order chi connectivity index (χ1) is 9.28. The lowest BCUT2D eigenvalue weighted by Crippen LogP contribution is -2.33. The minimum absolute atomic E-state index is 0.0674. The summed E-state index contributed by atoms with van der Waals surface area (Å²) >= 11 is 0. The topological polar surface area (TPSA) is 92.8 Å². The van der Waals surface area contributed by atoms with E-state index in [-0.39, 0.29) is 17.4 Å². The van der Waals surface area contributed by atoms with E-state index in [0.717, 1.165) is 7.05 Å². The van der Waals surface area contributed by atoms with Gasteiger partial charge in [0.25, 0.3) is 10.0 Å². The number of sulfonamides is 1. The van der Waals surface area contributed by atoms with Gasteiger partial charge in [-0.3, -0.25) is 4.79 Å². The monoisotopic (exact) mass is 300 g/mol. The van der Waals surface area contributed by atoms with Gasteiger partial charge < -0.3 is 10.1 Å². The molecule has 8 heteroatoms. The van der Waals surface area contributed by atoms with Crippen LogP contribution in [0.15, 0.2) is 29.2 Å². The zero-order valence-corrected chi connectivity index (χ0v) is 12.2. The number of hydrogen-bond acceptors (Lipinski definition) is 5. The number of nitrogens with one attached hydrogen (secondary N) is 1. The number of hydrogen-bond donors (Lipinski definition) is 1. The van der Waals surface area contributed by atoms with Crippen molar-refractivity contribution in [3.8, 4) is 0 Å². The van der Waals surface area contributed by atoms with E-state index in [9.17, 15) is 18.0 Å². The zero-order chi connectivity index (χ0) is 15.3. The number of carbonyl (C=O) groups excluding carboxylic acids is 2. The van der Waals surface area contributed by atoms with Gasteiger partial charge in [-0.2, -0.15) is 0 Å². The Labute approximate surface area is 117 Å². The van der Waals surface area contributed by atoms with E-state index >= 15 is 0 Å². The molecule has 20 heavy (non-hydrogen) atoms. The molecule has 110 valence electrons. The van der Waals surface area contributed by atoms with E-state index in [1.54, 1.807) is 6.92 Å². The van der Waals surface area contributed by atoms with E-state index in [1.165, 1.54) is 31.2 Å². The highest BCUT2D eigenvalue weighted by Gasteiger charge is 2.26. The Balaban J connectivity index is 2.98. The summed E-state index contributed by atoms with van der Waals surface area (Å²) < 4.78 is 29.4. The summed E-state index contributed by atoms with van der Waals surface area (Å²) in [5.74, 6) is -0.260. The van der Waals surface area contributed by atoms with Gasteiger partial charge in [0.15, 0.2) is 0 Å². The third-order valence-corrected chi connectivity index (χ3v) is 4.10. The fourth-order valence-electron chi connectivity index (χ4n) is 1.38. The predicted octanol–water partition coefficient (Wildman–Crippen LogP) is 1.42. The van der Waals surface area contributed by atoms with Gasteiger partial charge in [0, 0.05) is 19.7 Å². The first-order valence-corrected chi connectivity index (χ1v) is 7.26. The Bertz CT molecular complexity index is 595. The van der Waals surface area contributed by atoms with Crippen molar-refractivity contribution < 1.29 is 22.7 Å². The quantitative estimate of drug-likeness (QED) is 0.907. The lowest BCUT2D eigenvalue weighted by atomic mass is 10.3. The molecule has 1 rings (SSSR count). The number of nitrogens with zero attached hydrogens (tertiary/aromatic N) is 1. The largest absolute Gasteiger partial charge is 0.449 e. The third kappa shape index (κ3) is 3.70. The molecule has 1 aromatic carbocycles. The fourth-order valence-corrected chi connectivity index (χ4v) is 2.43. The van der Waals surface area contributed by atoms with Crippen LogP contribution in [0.5, 0.6) is 0 Å². The van der Waals surface area contributed by atoms with Crippen LogP contribution >= 0.6 is 0 Å². The van der Waals surface area contributed by atoms with Crippen molar-refractivity contribution in [2.75, 3.05) is 19.0 Å². The first-order valence-electron chi connectivity index (χ1n) is 5.82. The minimum atomic E-state index is -3.96. The Morgan fingerprint density at radius 1 is 1.25 bits per heavy atom. The van der Waals surface area contributed by atoms with E-state index < -0.39 is 16.1 Å². The lowest BCUT2D eigenvalue weighted by molar-refractivity contribution is -0.114. The number of benzene rings is 1. The van der Waals surface area contributed by atoms with Crippen LogP contribution in [0.3, 0.4) is 0 Å². The molecule has 1 N–H and O–H groups in total. The van der Waals surface area contributed by atoms with Gasteiger partial charge in [0.2, 0.25) is 5.91 Å². The molecule has 1 aromatic rings. The van der Waals surface area contributed by atoms with E-state index in [1.807, 2.05) is 0 Å². The molecular formula is C12H16N2O5S. The molecule has 2 amide bonds. The van der Waals surface area contributed by atoms with Crippen LogP contribution < -0.4 is 5.32 Å². The van der Waals surface area contributed by atoms with E-state index in [4.69, 9.17) is 0 Å². The highest BCUT2D eigenvalue weighted by Crippen LogP contribution is 2.18. The molecule has 0 aliphatic heterocycles. The van der Waals surface area contributed by atoms with Crippen LogP contribution in [-0.2, 0) is 19.6 Å². The SMILES string of the molecule is CCOC(=O)N(C)S(=O)(=O)c1ccc(NC(C)=O)cc1. The first kappa shape index (κ1) is 16.0. The Kier molecular flexibility index (Phi) is 5.09. The van der Waals surface area contributed by atoms with Crippen LogP contribution in [0.4, 0.5) is 10.5 Å². The molecule has 0 fully saturated rings. The molecular weight excluding hydrogens is 284 g/mol. The maximum atomic E-state index is 12.1. The maximum absolute atomic E-state index is 12.1. The highest BCUT2D eigenvalue weighted by atomic mass is 32.2. The number of ether oxygens (including phenoxy) is 1. The number of anilines is 1. The van der Waals surface area contributed by atoms with Crippen molar-refractivity contribution in [2.24, 2.45) is 0 Å². The lowest BCUT2D eigenvalue weighted by Gasteiger charge is -2.16. The second-order valence-corrected chi connectivity index (χ2v) is 5.85. The van der Waals surface area contributed by atoms with Gasteiger partial charge in [-0.25, -0.2) is 17.5 Å². The summed E-state index contributed by atoms with van der Waals surface area (Å²) in [6, 6.07) is 5.48. The van der Waals surface area contributed by atoms with Gasteiger partial charge in [-0.05, 0) is 31.2 Å². The van der Waals surface area contributed by atoms with Crippen LogP contribution in [0.25, 0.3) is 0 Å². The molecule has 0 atom stereocenters. The highest BCUT2D eigenvalue weighted by molar-refractivity contribution is 7.89. The van der Waals surface area contributed by atoms with Crippen molar-refractivity contribution in [3.05, 3.63) is 24.3 Å². The Morgan fingerprint density at radius 3 is 2.25 bits per heavy atom. The van der Waals surface area contributed by atoms with Gasteiger partial charge in [-0.1, -0.05) is 0 Å². The fraction of sp³-hybridized carbons (Fsp3) is 0.333. The van der Waals surface area contributed by atoms with Crippen molar-refractivity contribution in [2.45, 2.75) is 18.7 Å². The van der Waals surface area contributed by atoms with Crippen molar-refractivity contribution in [1.82, 2.24) is 4.31 Å². The summed E-state index contributed by atoms with van der Waals surface area (Å²) in [6.07, 6.45) is -0.946. The van der Waals surface area contributed by atoms with Crippen LogP contribution in [-0.4, -0.2) is 38.4 Å². The zero-order valence-electron chi connectivity index (χ0n) is 11.4. The second kappa shape index (κ2) is 6.38. The standard InChI is InChI=1S/C12H16N2O5S/c1-4-19-12(16)14(3)20(17,18)11-7-5-10(6-8-11)13-9(2)15/h5-8H,4H2,1-3H3,(H,13,15). The Morgan fingerprint density at radius 2 is 1.80 bits per heavy atom. The molecule has 0 saturated heterocycles. The average Bonchev–Trinajstić information content (AvgIpc) is 2.38. The van der Waals surface area contributed by atoms with Crippen molar-refractivity contribution in [1.29, 1.82) is 0 Å². The van der Waals surface area contributed by atoms with Crippen molar-refractivity contribution in [3.63, 3.8) is 0 Å². The third-order valence-electron chi connectivity index (χ3n) is 2.36. The summed E-state index contributed by atoms with van der Waals surface area (Å²) in [7, 11) is -2.84. The van der Waals surface area contributed by atoms with Gasteiger partial charge >= 0.3 is 6.09 Å². The normalized spacial score (nSPS) is 10.8. The van der Waals surface area contributed by atoms with E-state index in [0.29, 0.717) is 9.99 Å². The summed E-state index contributed by atoms with van der Waals surface area (Å²) in [5, 5.41) is 2.52. The maximum Gasteiger partial charge on any atom is 0.423 e. The number of amides is 2. The van der Waals surface area contributed by atoms with Crippen LogP contribution in [0, 0.1) is 0 Å². The summed E-state index contributed by atoms with van der Waals surface area (Å²) in [5.41, 5.74) is 0.468. The summed E-state index contributed by atoms with van der Waals surface area (Å²) in [4.78, 5) is 22.2. The molecule has 7 nitrogen and oxygen atoms in total. The van der Waals surface area contributed by atoms with Gasteiger partial charge in [0.05, 0.1) is 11.5 Å². The number of rotatable bonds is 4. The smallest absolute Gasteiger partial charge is 0.423 e. The molecule has 0 aliphatic rings. The average molecular weight is 300 g/mol. The Hall–Kier alpha value is -2.09. The molecule has 0 aliphatic carbocycles. The minimum Gasteiger partial charge on any atom is -0.449 e. The van der Waals surface area contributed by atoms with Crippen molar-refractivity contribution >= 4 is 27.7 Å². The van der Waals surface area contributed by atoms with Gasteiger partial charge in [-0.15, -0.1) is 0 Å². The second-order valence-electron chi connectivity index (χ2n) is 3.88. The molecule has 0 radical (unpaired) electrons. The number of carbonyl (C=O) groups is 2. The predicted molar refractivity (Wildman–Crippen MR) is 72.7 cm³/mol. The molecule has 0 heterocycles.